The van der Waals surface area contributed by atoms with Gasteiger partial charge in [0.15, 0.2) is 0 Å². The number of hydrogen-bond acceptors (Lipinski definition) is 4. The Balaban J connectivity index is 0. The summed E-state index contributed by atoms with van der Waals surface area (Å²) in [7, 11) is -2.70. The second-order valence-electron chi connectivity index (χ2n) is 5.30. The van der Waals surface area contributed by atoms with Crippen LogP contribution in [0.1, 0.15) is 64.7 Å². The molecule has 0 aromatic heterocycles. The Bertz CT molecular complexity index is 360. The molecule has 0 spiro atoms. The summed E-state index contributed by atoms with van der Waals surface area (Å²) in [4.78, 5) is 13.0. The van der Waals surface area contributed by atoms with Crippen LogP contribution in [0.2, 0.25) is 0 Å². The van der Waals surface area contributed by atoms with Gasteiger partial charge in [0.1, 0.15) is 0 Å². The Morgan fingerprint density at radius 1 is 1.00 bits per heavy atom. The summed E-state index contributed by atoms with van der Waals surface area (Å²) < 4.78 is 31.4. The molecule has 0 saturated carbocycles. The Kier molecular flexibility index (Phi) is 15.8. The predicted octanol–water partition coefficient (Wildman–Crippen LogP) is -0.475. The van der Waals surface area contributed by atoms with Crippen molar-refractivity contribution in [2.24, 2.45) is 0 Å². The second kappa shape index (κ2) is 14.0. The van der Waals surface area contributed by atoms with Gasteiger partial charge in [-0.25, -0.2) is 8.42 Å². The van der Waals surface area contributed by atoms with Gasteiger partial charge in [-0.3, -0.25) is 4.79 Å². The van der Waals surface area contributed by atoms with Crippen LogP contribution in [-0.2, 0) is 14.9 Å². The van der Waals surface area contributed by atoms with Gasteiger partial charge in [-0.1, -0.05) is 51.9 Å². The summed E-state index contributed by atoms with van der Waals surface area (Å²) in [6, 6.07) is 0. The van der Waals surface area contributed by atoms with E-state index in [1.165, 1.54) is 44.1 Å². The monoisotopic (exact) mass is 329 g/mol. The first-order chi connectivity index (χ1) is 9.37. The molecule has 0 aliphatic rings. The summed E-state index contributed by atoms with van der Waals surface area (Å²) in [5.74, 6) is -0.591. The minimum Gasteiger partial charge on any atom is -0.748 e. The molecule has 0 fully saturated rings. The van der Waals surface area contributed by atoms with Crippen molar-refractivity contribution in [3.8, 4) is 0 Å². The van der Waals surface area contributed by atoms with Gasteiger partial charge in [-0.15, -0.1) is 0 Å². The van der Waals surface area contributed by atoms with Crippen LogP contribution in [0, 0.1) is 0 Å². The number of amides is 1. The zero-order valence-corrected chi connectivity index (χ0v) is 16.6. The average molecular weight is 329 g/mol. The quantitative estimate of drug-likeness (QED) is 0.275. The molecule has 0 saturated heterocycles. The van der Waals surface area contributed by atoms with Gasteiger partial charge >= 0.3 is 29.6 Å². The Hall–Kier alpha value is 0.380. The van der Waals surface area contributed by atoms with Gasteiger partial charge in [0, 0.05) is 20.0 Å². The van der Waals surface area contributed by atoms with Crippen LogP contribution in [0.5, 0.6) is 0 Å². The fourth-order valence-electron chi connectivity index (χ4n) is 1.97. The normalized spacial score (nSPS) is 11.0. The Labute approximate surface area is 151 Å². The molecule has 0 N–H and O–H groups in total. The third-order valence-corrected chi connectivity index (χ3v) is 4.03. The Morgan fingerprint density at radius 2 is 1.48 bits per heavy atom. The molecule has 0 rings (SSSR count). The third-order valence-electron chi connectivity index (χ3n) is 3.35. The summed E-state index contributed by atoms with van der Waals surface area (Å²) in [6.07, 6.45) is 9.78. The van der Waals surface area contributed by atoms with Crippen LogP contribution in [0.4, 0.5) is 0 Å². The maximum absolute atomic E-state index is 11.7. The molecule has 0 bridgehead atoms. The molecule has 0 atom stereocenters. The summed E-state index contributed by atoms with van der Waals surface area (Å²) in [5, 5.41) is 0. The summed E-state index contributed by atoms with van der Waals surface area (Å²) >= 11 is 0. The number of rotatable bonds is 12. The van der Waals surface area contributed by atoms with Crippen molar-refractivity contribution in [3.05, 3.63) is 0 Å². The fourth-order valence-corrected chi connectivity index (χ4v) is 2.47. The summed E-state index contributed by atoms with van der Waals surface area (Å²) in [6.45, 7) is 2.18. The van der Waals surface area contributed by atoms with Crippen molar-refractivity contribution in [1.82, 2.24) is 4.90 Å². The molecule has 0 heterocycles. The minimum absolute atomic E-state index is 0. The predicted molar refractivity (Wildman–Crippen MR) is 79.4 cm³/mol. The maximum Gasteiger partial charge on any atom is 1.00 e. The van der Waals surface area contributed by atoms with Gasteiger partial charge in [0.2, 0.25) is 5.91 Å². The van der Waals surface area contributed by atoms with Crippen LogP contribution in [-0.4, -0.2) is 43.1 Å². The van der Waals surface area contributed by atoms with Gasteiger partial charge < -0.3 is 9.45 Å². The van der Waals surface area contributed by atoms with E-state index in [1.807, 2.05) is 0 Å². The number of carbonyl (C=O) groups is 1. The molecular formula is C14H28NNaO4S. The van der Waals surface area contributed by atoms with Crippen LogP contribution in [0.15, 0.2) is 0 Å². The van der Waals surface area contributed by atoms with Gasteiger partial charge in [-0.2, -0.15) is 0 Å². The van der Waals surface area contributed by atoms with E-state index in [9.17, 15) is 17.8 Å². The van der Waals surface area contributed by atoms with E-state index in [4.69, 9.17) is 0 Å². The largest absolute Gasteiger partial charge is 1.00 e. The van der Waals surface area contributed by atoms with Crippen molar-refractivity contribution in [2.45, 2.75) is 64.7 Å². The number of nitrogens with zero attached hydrogens (tertiary/aromatic N) is 1. The first-order valence-electron chi connectivity index (χ1n) is 7.54. The van der Waals surface area contributed by atoms with Gasteiger partial charge in [0.25, 0.3) is 0 Å². The van der Waals surface area contributed by atoms with Crippen LogP contribution >= 0.6 is 0 Å². The molecule has 0 unspecified atom stereocenters. The number of carbonyl (C=O) groups excluding carboxylic acids is 1. The van der Waals surface area contributed by atoms with Crippen molar-refractivity contribution in [3.63, 3.8) is 0 Å². The van der Waals surface area contributed by atoms with E-state index >= 15 is 0 Å². The maximum atomic E-state index is 11.7. The van der Waals surface area contributed by atoms with Gasteiger partial charge in [0.05, 0.1) is 15.9 Å². The first-order valence-corrected chi connectivity index (χ1v) is 9.12. The van der Waals surface area contributed by atoms with Gasteiger partial charge in [-0.05, 0) is 6.42 Å². The standard InChI is InChI=1S/C14H29NO4S.Na/c1-3-4-5-6-7-8-9-10-11-14(16)15(2)12-13-20(17,18)19;/h3-13H2,1-2H3,(H,17,18,19);/q;+1/p-1. The second-order valence-corrected chi connectivity index (χ2v) is 6.83. The average Bonchev–Trinajstić information content (AvgIpc) is 2.38. The molecule has 0 aliphatic heterocycles. The van der Waals surface area contributed by atoms with E-state index in [2.05, 4.69) is 6.92 Å². The molecule has 7 heteroatoms. The fraction of sp³-hybridized carbons (Fsp3) is 0.929. The molecule has 0 aromatic rings. The van der Waals surface area contributed by atoms with Crippen molar-refractivity contribution in [2.75, 3.05) is 19.3 Å². The van der Waals surface area contributed by atoms with E-state index in [-0.39, 0.29) is 42.0 Å². The van der Waals surface area contributed by atoms with E-state index < -0.39 is 15.9 Å². The van der Waals surface area contributed by atoms with Crippen LogP contribution < -0.4 is 29.6 Å². The van der Waals surface area contributed by atoms with E-state index in [0.717, 1.165) is 19.3 Å². The minimum atomic E-state index is -4.24. The zero-order chi connectivity index (χ0) is 15.4. The molecule has 21 heavy (non-hydrogen) atoms. The van der Waals surface area contributed by atoms with E-state index in [1.54, 1.807) is 0 Å². The molecule has 0 radical (unpaired) electrons. The Morgan fingerprint density at radius 3 is 1.95 bits per heavy atom. The molecule has 5 nitrogen and oxygen atoms in total. The smallest absolute Gasteiger partial charge is 0.748 e. The number of hydrogen-bond donors (Lipinski definition) is 0. The third kappa shape index (κ3) is 16.6. The SMILES string of the molecule is CCCCCCCCCCC(=O)N(C)CCS(=O)(=O)[O-].[Na+]. The summed E-state index contributed by atoms with van der Waals surface area (Å²) in [5.41, 5.74) is 0. The first kappa shape index (κ1) is 23.6. The van der Waals surface area contributed by atoms with E-state index in [0.29, 0.717) is 6.42 Å². The molecule has 120 valence electrons. The molecular weight excluding hydrogens is 301 g/mol. The van der Waals surface area contributed by atoms with Crippen molar-refractivity contribution in [1.29, 1.82) is 0 Å². The topological polar surface area (TPSA) is 77.5 Å². The molecule has 1 amide bonds. The molecule has 0 aromatic carbocycles. The zero-order valence-electron chi connectivity index (χ0n) is 13.8. The van der Waals surface area contributed by atoms with Crippen molar-refractivity contribution >= 4 is 16.0 Å². The molecule has 0 aliphatic carbocycles. The number of unbranched alkanes of at least 4 members (excludes halogenated alkanes) is 7. The van der Waals surface area contributed by atoms with Crippen molar-refractivity contribution < 1.29 is 47.3 Å². The van der Waals surface area contributed by atoms with Crippen LogP contribution in [0.25, 0.3) is 0 Å². The van der Waals surface area contributed by atoms with Crippen LogP contribution in [0.3, 0.4) is 0 Å².